The monoisotopic (exact) mass is 380 g/mol. The average molecular weight is 381 g/mol. The molecule has 2 heterocycles. The smallest absolute Gasteiger partial charge is 0.0552 e. The number of hydrogen-bond acceptors (Lipinski definition) is 5. The number of nitrogens with zero attached hydrogens (tertiary/aromatic N) is 3. The zero-order valence-corrected chi connectivity index (χ0v) is 16.6. The van der Waals surface area contributed by atoms with E-state index in [1.165, 1.54) is 21.2 Å². The molecule has 0 bridgehead atoms. The van der Waals surface area contributed by atoms with Crippen LogP contribution in [0.5, 0.6) is 0 Å². The molecule has 4 rings (SSSR count). The van der Waals surface area contributed by atoms with Crippen LogP contribution in [-0.2, 0) is 0 Å². The first-order valence-corrected chi connectivity index (χ1v) is 10.5. The van der Waals surface area contributed by atoms with Crippen LogP contribution in [0, 0.1) is 0 Å². The molecule has 2 aromatic carbocycles. The second-order valence-electron chi connectivity index (χ2n) is 7.32. The lowest BCUT2D eigenvalue weighted by Gasteiger charge is -2.36. The van der Waals surface area contributed by atoms with E-state index in [-0.39, 0.29) is 0 Å². The number of anilines is 2. The molecule has 5 heteroatoms. The summed E-state index contributed by atoms with van der Waals surface area (Å²) in [5.41, 5.74) is 9.19. The SMILES string of the molecule is C=C(N)CN1CCN(CCCN2c3ccccc3Sc3ccccc32)CC1. The van der Waals surface area contributed by atoms with E-state index in [0.29, 0.717) is 0 Å². The van der Waals surface area contributed by atoms with Crippen LogP contribution in [0.25, 0.3) is 0 Å². The molecule has 0 amide bonds. The van der Waals surface area contributed by atoms with E-state index in [1.807, 2.05) is 11.8 Å². The van der Waals surface area contributed by atoms with E-state index in [1.54, 1.807) is 0 Å². The highest BCUT2D eigenvalue weighted by Crippen LogP contribution is 2.47. The Morgan fingerprint density at radius 1 is 0.852 bits per heavy atom. The lowest BCUT2D eigenvalue weighted by atomic mass is 10.2. The van der Waals surface area contributed by atoms with E-state index in [4.69, 9.17) is 5.73 Å². The molecule has 4 nitrogen and oxygen atoms in total. The Balaban J connectivity index is 1.36. The molecule has 2 N–H and O–H groups in total. The van der Waals surface area contributed by atoms with E-state index in [2.05, 4.69) is 69.8 Å². The number of hydrogen-bond donors (Lipinski definition) is 1. The number of para-hydroxylation sites is 2. The summed E-state index contributed by atoms with van der Waals surface area (Å²) in [6.07, 6.45) is 1.16. The molecule has 0 aromatic heterocycles. The molecule has 0 spiro atoms. The van der Waals surface area contributed by atoms with Crippen LogP contribution in [0.3, 0.4) is 0 Å². The molecule has 0 atom stereocenters. The first kappa shape index (κ1) is 18.4. The van der Waals surface area contributed by atoms with Gasteiger partial charge < -0.3 is 15.5 Å². The average Bonchev–Trinajstić information content (AvgIpc) is 2.68. The van der Waals surface area contributed by atoms with Crippen LogP contribution in [0.1, 0.15) is 6.42 Å². The minimum Gasteiger partial charge on any atom is -0.401 e. The molecule has 142 valence electrons. The fourth-order valence-electron chi connectivity index (χ4n) is 3.93. The Labute approximate surface area is 166 Å². The Hall–Kier alpha value is -1.95. The topological polar surface area (TPSA) is 35.7 Å². The number of piperazine rings is 1. The van der Waals surface area contributed by atoms with Gasteiger partial charge in [0.25, 0.3) is 0 Å². The third kappa shape index (κ3) is 4.32. The molecule has 0 radical (unpaired) electrons. The van der Waals surface area contributed by atoms with Gasteiger partial charge in [-0.05, 0) is 37.2 Å². The summed E-state index contributed by atoms with van der Waals surface area (Å²) in [6, 6.07) is 17.5. The Morgan fingerprint density at radius 2 is 1.41 bits per heavy atom. The van der Waals surface area contributed by atoms with Gasteiger partial charge in [0.1, 0.15) is 0 Å². The minimum atomic E-state index is 0.767. The number of fused-ring (bicyclic) bond motifs is 2. The summed E-state index contributed by atoms with van der Waals surface area (Å²) in [4.78, 5) is 10.2. The lowest BCUT2D eigenvalue weighted by Crippen LogP contribution is -2.47. The highest BCUT2D eigenvalue weighted by atomic mass is 32.2. The summed E-state index contributed by atoms with van der Waals surface area (Å²) >= 11 is 1.88. The van der Waals surface area contributed by atoms with Crippen LogP contribution < -0.4 is 10.6 Å². The molecular weight excluding hydrogens is 352 g/mol. The fraction of sp³-hybridized carbons (Fsp3) is 0.364. The molecule has 0 saturated carbocycles. The van der Waals surface area contributed by atoms with Crippen LogP contribution in [0.2, 0.25) is 0 Å². The molecule has 1 fully saturated rings. The Kier molecular flexibility index (Phi) is 5.72. The van der Waals surface area contributed by atoms with E-state index in [0.717, 1.165) is 57.9 Å². The van der Waals surface area contributed by atoms with Crippen molar-refractivity contribution in [3.63, 3.8) is 0 Å². The van der Waals surface area contributed by atoms with Crippen molar-refractivity contribution in [1.82, 2.24) is 9.80 Å². The highest BCUT2D eigenvalue weighted by molar-refractivity contribution is 7.99. The molecule has 2 aromatic rings. The van der Waals surface area contributed by atoms with Crippen molar-refractivity contribution in [2.75, 3.05) is 50.7 Å². The second-order valence-corrected chi connectivity index (χ2v) is 8.40. The van der Waals surface area contributed by atoms with Crippen LogP contribution in [0.15, 0.2) is 70.6 Å². The molecular formula is C22H28N4S. The highest BCUT2D eigenvalue weighted by Gasteiger charge is 2.23. The third-order valence-corrected chi connectivity index (χ3v) is 6.41. The van der Waals surface area contributed by atoms with Gasteiger partial charge in [0.05, 0.1) is 11.4 Å². The third-order valence-electron chi connectivity index (χ3n) is 5.28. The first-order valence-electron chi connectivity index (χ1n) is 9.72. The van der Waals surface area contributed by atoms with Crippen molar-refractivity contribution in [1.29, 1.82) is 0 Å². The molecule has 27 heavy (non-hydrogen) atoms. The number of benzene rings is 2. The molecule has 1 saturated heterocycles. The summed E-state index contributed by atoms with van der Waals surface area (Å²) in [6.45, 7) is 11.3. The summed E-state index contributed by atoms with van der Waals surface area (Å²) in [7, 11) is 0. The van der Waals surface area contributed by atoms with Gasteiger partial charge >= 0.3 is 0 Å². The van der Waals surface area contributed by atoms with Crippen molar-refractivity contribution in [2.24, 2.45) is 5.73 Å². The fourth-order valence-corrected chi connectivity index (χ4v) is 5.03. The predicted octanol–water partition coefficient (Wildman–Crippen LogP) is 3.77. The van der Waals surface area contributed by atoms with Crippen molar-refractivity contribution in [3.8, 4) is 0 Å². The van der Waals surface area contributed by atoms with E-state index < -0.39 is 0 Å². The second kappa shape index (κ2) is 8.38. The molecule has 2 aliphatic heterocycles. The van der Waals surface area contributed by atoms with Gasteiger partial charge in [-0.15, -0.1) is 0 Å². The maximum Gasteiger partial charge on any atom is 0.0552 e. The Morgan fingerprint density at radius 3 is 2.00 bits per heavy atom. The lowest BCUT2D eigenvalue weighted by molar-refractivity contribution is 0.139. The van der Waals surface area contributed by atoms with Crippen LogP contribution in [-0.4, -0.2) is 55.6 Å². The maximum absolute atomic E-state index is 5.74. The van der Waals surface area contributed by atoms with Crippen molar-refractivity contribution in [2.45, 2.75) is 16.2 Å². The van der Waals surface area contributed by atoms with Gasteiger partial charge in [0.15, 0.2) is 0 Å². The first-order chi connectivity index (χ1) is 13.2. The molecule has 0 aliphatic carbocycles. The van der Waals surface area contributed by atoms with Crippen molar-refractivity contribution < 1.29 is 0 Å². The van der Waals surface area contributed by atoms with Crippen molar-refractivity contribution in [3.05, 3.63) is 60.8 Å². The predicted molar refractivity (Wildman–Crippen MR) is 115 cm³/mol. The minimum absolute atomic E-state index is 0.767. The van der Waals surface area contributed by atoms with E-state index >= 15 is 0 Å². The van der Waals surface area contributed by atoms with Crippen LogP contribution in [0.4, 0.5) is 11.4 Å². The van der Waals surface area contributed by atoms with Gasteiger partial charge in [-0.3, -0.25) is 4.90 Å². The largest absolute Gasteiger partial charge is 0.401 e. The van der Waals surface area contributed by atoms with E-state index in [9.17, 15) is 0 Å². The quantitative estimate of drug-likeness (QED) is 0.825. The zero-order chi connectivity index (χ0) is 18.6. The summed E-state index contributed by atoms with van der Waals surface area (Å²) < 4.78 is 0. The van der Waals surface area contributed by atoms with Gasteiger partial charge in [-0.2, -0.15) is 0 Å². The van der Waals surface area contributed by atoms with Crippen LogP contribution >= 0.6 is 11.8 Å². The molecule has 2 aliphatic rings. The summed E-state index contributed by atoms with van der Waals surface area (Å²) in [5, 5.41) is 0. The zero-order valence-electron chi connectivity index (χ0n) is 15.8. The van der Waals surface area contributed by atoms with Gasteiger partial charge in [-0.25, -0.2) is 0 Å². The molecule has 0 unspecified atom stereocenters. The Bertz CT molecular complexity index is 753. The van der Waals surface area contributed by atoms with Gasteiger partial charge in [0, 0.05) is 54.8 Å². The standard InChI is InChI=1S/C22H28N4S/c1-18(23)17-25-15-13-24(14-16-25)11-6-12-26-19-7-2-4-9-21(19)27-22-10-5-3-8-20(22)26/h2-5,7-10H,1,6,11-17,23H2. The summed E-state index contributed by atoms with van der Waals surface area (Å²) in [5.74, 6) is 0. The van der Waals surface area contributed by atoms with Gasteiger partial charge in [-0.1, -0.05) is 42.6 Å². The van der Waals surface area contributed by atoms with Gasteiger partial charge in [0.2, 0.25) is 0 Å². The number of rotatable bonds is 6. The van der Waals surface area contributed by atoms with Crippen molar-refractivity contribution >= 4 is 23.1 Å². The normalized spacial score (nSPS) is 17.4. The maximum atomic E-state index is 5.74. The number of nitrogens with two attached hydrogens (primary N) is 1.